The number of aliphatic hydroxyl groups excluding tert-OH is 1. The molecule has 1 spiro atoms. The highest BCUT2D eigenvalue weighted by atomic mass is 79.9. The second-order valence-corrected chi connectivity index (χ2v) is 11.3. The number of halogens is 1. The summed E-state index contributed by atoms with van der Waals surface area (Å²) >= 11 is 3.65. The number of amides is 2. The van der Waals surface area contributed by atoms with Gasteiger partial charge in [-0.25, -0.2) is 0 Å². The van der Waals surface area contributed by atoms with Gasteiger partial charge in [0.2, 0.25) is 5.91 Å². The van der Waals surface area contributed by atoms with Crippen LogP contribution < -0.4 is 9.80 Å². The van der Waals surface area contributed by atoms with Crippen molar-refractivity contribution in [1.82, 2.24) is 4.90 Å². The summed E-state index contributed by atoms with van der Waals surface area (Å²) < 4.78 is 11.9. The van der Waals surface area contributed by atoms with Crippen LogP contribution >= 0.6 is 15.9 Å². The Morgan fingerprint density at radius 3 is 2.46 bits per heavy atom. The number of carbonyl (C=O) groups is 3. The molecule has 1 aromatic rings. The fourth-order valence-electron chi connectivity index (χ4n) is 6.43. The molecule has 0 aromatic heterocycles. The normalized spacial score (nSPS) is 28.8. The number of fused-ring (bicyclic) bond motifs is 1. The van der Waals surface area contributed by atoms with Crippen molar-refractivity contribution >= 4 is 45.1 Å². The number of alkyl halides is 1. The zero-order valence-electron chi connectivity index (χ0n) is 22.6. The van der Waals surface area contributed by atoms with Crippen molar-refractivity contribution in [1.29, 1.82) is 0 Å². The van der Waals surface area contributed by atoms with E-state index in [9.17, 15) is 19.5 Å². The van der Waals surface area contributed by atoms with Gasteiger partial charge in [0.05, 0.1) is 17.9 Å². The van der Waals surface area contributed by atoms with Crippen LogP contribution in [0.4, 0.5) is 11.4 Å². The first-order chi connectivity index (χ1) is 18.8. The van der Waals surface area contributed by atoms with E-state index in [-0.39, 0.29) is 42.9 Å². The zero-order chi connectivity index (χ0) is 28.3. The number of esters is 1. The summed E-state index contributed by atoms with van der Waals surface area (Å²) in [5.41, 5.74) is 0.533. The maximum Gasteiger partial charge on any atom is 0.312 e. The Morgan fingerprint density at radius 2 is 1.87 bits per heavy atom. The molecule has 9 nitrogen and oxygen atoms in total. The molecular weight excluding hydrogens is 566 g/mol. The fourth-order valence-corrected chi connectivity index (χ4v) is 7.37. The van der Waals surface area contributed by atoms with Gasteiger partial charge in [-0.1, -0.05) is 34.7 Å². The van der Waals surface area contributed by atoms with E-state index in [0.717, 1.165) is 18.8 Å². The van der Waals surface area contributed by atoms with Crippen LogP contribution in [0.3, 0.4) is 0 Å². The number of nitrogens with zero attached hydrogens (tertiary/aromatic N) is 3. The smallest absolute Gasteiger partial charge is 0.312 e. The van der Waals surface area contributed by atoms with Gasteiger partial charge in [0.15, 0.2) is 0 Å². The summed E-state index contributed by atoms with van der Waals surface area (Å²) in [7, 11) is 0. The highest BCUT2D eigenvalue weighted by molar-refractivity contribution is 9.09. The van der Waals surface area contributed by atoms with E-state index >= 15 is 0 Å². The largest absolute Gasteiger partial charge is 0.461 e. The monoisotopic (exact) mass is 603 g/mol. The highest BCUT2D eigenvalue weighted by Crippen LogP contribution is 2.60. The highest BCUT2D eigenvalue weighted by Gasteiger charge is 2.77. The molecule has 3 unspecified atom stereocenters. The van der Waals surface area contributed by atoms with E-state index in [0.29, 0.717) is 18.5 Å². The number of likely N-dealkylation sites (tertiary alicyclic amines) is 1. The van der Waals surface area contributed by atoms with Gasteiger partial charge >= 0.3 is 5.97 Å². The minimum atomic E-state index is -1.19. The molecule has 0 aliphatic carbocycles. The standard InChI is InChI=1S/C29H38BrN3O6/c1-5-14-32(20-12-10-19(11-13-20)31(7-3)8-4)27(36)25-29-18-21(30)24(39-29)22(28(37)38-17-6-2)23(29)26(35)33(25)15-9-16-34/h5-6,10-13,21-25,34H,1-2,7-9,14-18H2,3-4H3/t21?,22-,23-,24-,25?,29?/m0/s1. The lowest BCUT2D eigenvalue weighted by Gasteiger charge is -2.37. The Bertz CT molecular complexity index is 1090. The van der Waals surface area contributed by atoms with Crippen LogP contribution in [-0.2, 0) is 23.9 Å². The second kappa shape index (κ2) is 12.2. The predicted molar refractivity (Wildman–Crippen MR) is 153 cm³/mol. The second-order valence-electron chi connectivity index (χ2n) is 10.1. The van der Waals surface area contributed by atoms with Crippen molar-refractivity contribution in [3.63, 3.8) is 0 Å². The molecule has 1 aromatic carbocycles. The van der Waals surface area contributed by atoms with Crippen LogP contribution in [0.15, 0.2) is 49.6 Å². The summed E-state index contributed by atoms with van der Waals surface area (Å²) in [5, 5.41) is 9.56. The quantitative estimate of drug-likeness (QED) is 0.210. The molecule has 10 heteroatoms. The van der Waals surface area contributed by atoms with Gasteiger partial charge in [0, 0.05) is 49.0 Å². The Labute approximate surface area is 238 Å². The number of ether oxygens (including phenoxy) is 2. The molecule has 3 aliphatic rings. The van der Waals surface area contributed by atoms with Crippen molar-refractivity contribution in [2.75, 3.05) is 49.2 Å². The zero-order valence-corrected chi connectivity index (χ0v) is 24.2. The maximum atomic E-state index is 14.5. The van der Waals surface area contributed by atoms with Crippen molar-refractivity contribution in [3.8, 4) is 0 Å². The topological polar surface area (TPSA) is 99.6 Å². The van der Waals surface area contributed by atoms with E-state index in [1.807, 2.05) is 24.3 Å². The Morgan fingerprint density at radius 1 is 1.21 bits per heavy atom. The van der Waals surface area contributed by atoms with E-state index in [2.05, 4.69) is 47.8 Å². The lowest BCUT2D eigenvalue weighted by Crippen LogP contribution is -2.57. The van der Waals surface area contributed by atoms with Gasteiger partial charge in [-0.3, -0.25) is 14.4 Å². The molecule has 0 radical (unpaired) electrons. The molecule has 212 valence electrons. The minimum Gasteiger partial charge on any atom is -0.461 e. The Hall–Kier alpha value is -2.69. The fraction of sp³-hybridized carbons (Fsp3) is 0.552. The van der Waals surface area contributed by atoms with Crippen LogP contribution in [0.2, 0.25) is 0 Å². The lowest BCUT2D eigenvalue weighted by atomic mass is 9.70. The van der Waals surface area contributed by atoms with Gasteiger partial charge in [-0.2, -0.15) is 0 Å². The maximum absolute atomic E-state index is 14.5. The lowest BCUT2D eigenvalue weighted by molar-refractivity contribution is -0.153. The first-order valence-corrected chi connectivity index (χ1v) is 14.5. The molecule has 0 saturated carbocycles. The average Bonchev–Trinajstić information content (AvgIpc) is 3.53. The van der Waals surface area contributed by atoms with Crippen molar-refractivity contribution in [3.05, 3.63) is 49.6 Å². The van der Waals surface area contributed by atoms with Crippen LogP contribution in [-0.4, -0.2) is 89.8 Å². The average molecular weight is 605 g/mol. The molecule has 3 heterocycles. The summed E-state index contributed by atoms with van der Waals surface area (Å²) in [4.78, 5) is 46.6. The molecule has 1 N–H and O–H groups in total. The van der Waals surface area contributed by atoms with Crippen LogP contribution in [0, 0.1) is 11.8 Å². The first kappa shape index (κ1) is 29.3. The molecule has 2 amide bonds. The molecular formula is C29H38BrN3O6. The summed E-state index contributed by atoms with van der Waals surface area (Å²) in [6.07, 6.45) is 3.23. The van der Waals surface area contributed by atoms with E-state index in [1.165, 1.54) is 11.0 Å². The minimum absolute atomic E-state index is 0.0239. The number of carbonyl (C=O) groups excluding carboxylic acids is 3. The van der Waals surface area contributed by atoms with Gasteiger partial charge < -0.3 is 29.3 Å². The van der Waals surface area contributed by atoms with Gasteiger partial charge in [-0.15, -0.1) is 6.58 Å². The van der Waals surface area contributed by atoms with Crippen LogP contribution in [0.25, 0.3) is 0 Å². The summed E-state index contributed by atoms with van der Waals surface area (Å²) in [6.45, 7) is 13.6. The molecule has 3 saturated heterocycles. The molecule has 3 aliphatic heterocycles. The third-order valence-electron chi connectivity index (χ3n) is 8.06. The van der Waals surface area contributed by atoms with E-state index in [4.69, 9.17) is 9.47 Å². The summed E-state index contributed by atoms with van der Waals surface area (Å²) in [6, 6.07) is 6.79. The van der Waals surface area contributed by atoms with E-state index in [1.54, 1.807) is 11.0 Å². The van der Waals surface area contributed by atoms with Gasteiger partial charge in [-0.05, 0) is 51.0 Å². The molecule has 2 bridgehead atoms. The van der Waals surface area contributed by atoms with Gasteiger partial charge in [0.1, 0.15) is 18.2 Å². The van der Waals surface area contributed by atoms with Crippen molar-refractivity contribution < 1.29 is 29.0 Å². The number of hydrogen-bond acceptors (Lipinski definition) is 7. The van der Waals surface area contributed by atoms with Crippen LogP contribution in [0.1, 0.15) is 26.7 Å². The Kier molecular flexibility index (Phi) is 9.18. The molecule has 6 atom stereocenters. The number of anilines is 2. The number of rotatable bonds is 13. The predicted octanol–water partition coefficient (Wildman–Crippen LogP) is 2.91. The molecule has 39 heavy (non-hydrogen) atoms. The van der Waals surface area contributed by atoms with Crippen molar-refractivity contribution in [2.45, 2.75) is 49.3 Å². The third kappa shape index (κ3) is 5.02. The third-order valence-corrected chi connectivity index (χ3v) is 8.91. The van der Waals surface area contributed by atoms with Crippen LogP contribution in [0.5, 0.6) is 0 Å². The first-order valence-electron chi connectivity index (χ1n) is 13.6. The van der Waals surface area contributed by atoms with Gasteiger partial charge in [0.25, 0.3) is 5.91 Å². The number of aliphatic hydroxyl groups is 1. The summed E-state index contributed by atoms with van der Waals surface area (Å²) in [5.74, 6) is -2.85. The molecule has 4 rings (SSSR count). The Balaban J connectivity index is 1.73. The number of benzene rings is 1. The number of hydrogen-bond donors (Lipinski definition) is 1. The van der Waals surface area contributed by atoms with Crippen molar-refractivity contribution in [2.24, 2.45) is 11.8 Å². The van der Waals surface area contributed by atoms with E-state index < -0.39 is 35.6 Å². The molecule has 3 fully saturated rings. The SMILES string of the molecule is C=CCOC(=O)[C@H]1[C@H]2C(=O)N(CCCO)C(C(=O)N(CC=C)c3ccc(N(CC)CC)cc3)C23CC(Br)[C@@H]1O3.